The normalized spacial score (nSPS) is 19.0. The highest BCUT2D eigenvalue weighted by atomic mass is 35.5. The predicted molar refractivity (Wildman–Crippen MR) is 120 cm³/mol. The minimum Gasteiger partial charge on any atom is -0.494 e. The molecule has 32 heavy (non-hydrogen) atoms. The van der Waals surface area contributed by atoms with Crippen molar-refractivity contribution in [3.8, 4) is 28.8 Å². The molecule has 2 atom stereocenters. The third-order valence-electron chi connectivity index (χ3n) is 6.02. The van der Waals surface area contributed by atoms with Crippen LogP contribution in [-0.4, -0.2) is 42.2 Å². The van der Waals surface area contributed by atoms with Gasteiger partial charge < -0.3 is 24.2 Å². The SMILES string of the molecule is COc1c2c(cc3c1[C@H](c1c(O)n(-c4ccccc4Cl)c(=S)[nH]c1=O)[NH+](C)CC3)OCO2. The molecule has 5 rings (SSSR count). The van der Waals surface area contributed by atoms with Gasteiger partial charge in [-0.1, -0.05) is 23.7 Å². The molecule has 2 aliphatic rings. The van der Waals surface area contributed by atoms with E-state index in [2.05, 4.69) is 4.98 Å². The van der Waals surface area contributed by atoms with Crippen LogP contribution in [-0.2, 0) is 6.42 Å². The van der Waals surface area contributed by atoms with E-state index in [0.717, 1.165) is 29.0 Å². The number of hydrogen-bond acceptors (Lipinski definition) is 6. The number of methoxy groups -OCH3 is 1. The number of quaternary nitrogens is 1. The Morgan fingerprint density at radius 2 is 2.09 bits per heavy atom. The van der Waals surface area contributed by atoms with E-state index in [9.17, 15) is 9.90 Å². The van der Waals surface area contributed by atoms with Gasteiger partial charge in [-0.3, -0.25) is 14.3 Å². The summed E-state index contributed by atoms with van der Waals surface area (Å²) in [6.45, 7) is 0.839. The van der Waals surface area contributed by atoms with Crippen LogP contribution in [0.3, 0.4) is 0 Å². The lowest BCUT2D eigenvalue weighted by atomic mass is 9.87. The lowest BCUT2D eigenvalue weighted by Crippen LogP contribution is -3.10. The van der Waals surface area contributed by atoms with Gasteiger partial charge in [-0.05, 0) is 36.0 Å². The Bertz CT molecular complexity index is 1350. The molecule has 2 aromatic carbocycles. The second-order valence-corrected chi connectivity index (χ2v) is 8.57. The van der Waals surface area contributed by atoms with Crippen molar-refractivity contribution < 1.29 is 24.2 Å². The van der Waals surface area contributed by atoms with Crippen molar-refractivity contribution in [3.63, 3.8) is 0 Å². The summed E-state index contributed by atoms with van der Waals surface area (Å²) in [4.78, 5) is 16.9. The number of benzene rings is 2. The summed E-state index contributed by atoms with van der Waals surface area (Å²) in [5, 5.41) is 11.8. The summed E-state index contributed by atoms with van der Waals surface area (Å²) in [6, 6.07) is 8.38. The number of rotatable bonds is 3. The minimum atomic E-state index is -0.531. The number of hydrogen-bond donors (Lipinski definition) is 3. The van der Waals surface area contributed by atoms with Crippen LogP contribution in [0.15, 0.2) is 35.1 Å². The number of H-pyrrole nitrogens is 1. The molecule has 0 saturated heterocycles. The third-order valence-corrected chi connectivity index (χ3v) is 6.63. The molecule has 0 spiro atoms. The van der Waals surface area contributed by atoms with Crippen molar-refractivity contribution in [2.24, 2.45) is 0 Å². The first-order chi connectivity index (χ1) is 15.4. The molecule has 0 saturated carbocycles. The summed E-state index contributed by atoms with van der Waals surface area (Å²) in [5.74, 6) is 1.36. The summed E-state index contributed by atoms with van der Waals surface area (Å²) in [7, 11) is 3.52. The molecule has 3 aromatic rings. The number of nitrogens with one attached hydrogen (secondary N) is 2. The molecule has 10 heteroatoms. The predicted octanol–water partition coefficient (Wildman–Crippen LogP) is 2.15. The van der Waals surface area contributed by atoms with E-state index in [0.29, 0.717) is 28.0 Å². The number of aromatic amines is 1. The highest BCUT2D eigenvalue weighted by Gasteiger charge is 2.41. The fourth-order valence-corrected chi connectivity index (χ4v) is 5.07. The zero-order valence-corrected chi connectivity index (χ0v) is 19.0. The van der Waals surface area contributed by atoms with Crippen molar-refractivity contribution in [1.29, 1.82) is 0 Å². The van der Waals surface area contributed by atoms with E-state index in [-0.39, 0.29) is 23.0 Å². The molecule has 1 unspecified atom stereocenters. The van der Waals surface area contributed by atoms with Gasteiger partial charge in [-0.2, -0.15) is 0 Å². The molecule has 1 aromatic heterocycles. The Hall–Kier alpha value is -3.01. The van der Waals surface area contributed by atoms with Gasteiger partial charge in [0.05, 0.1) is 37.0 Å². The number of aromatic nitrogens is 2. The topological polar surface area (TPSA) is 90.2 Å². The average Bonchev–Trinajstić information content (AvgIpc) is 3.23. The maximum Gasteiger partial charge on any atom is 0.265 e. The molecule has 8 nitrogen and oxygen atoms in total. The van der Waals surface area contributed by atoms with Crippen LogP contribution in [0, 0.1) is 4.77 Å². The third kappa shape index (κ3) is 3.08. The second kappa shape index (κ2) is 7.84. The highest BCUT2D eigenvalue weighted by molar-refractivity contribution is 7.71. The molecule has 3 N–H and O–H groups in total. The Morgan fingerprint density at radius 1 is 1.31 bits per heavy atom. The molecular formula is C22H21ClN3O5S+. The number of nitrogens with zero attached hydrogens (tertiary/aromatic N) is 1. The van der Waals surface area contributed by atoms with Crippen LogP contribution >= 0.6 is 23.8 Å². The first-order valence-corrected chi connectivity index (χ1v) is 10.9. The van der Waals surface area contributed by atoms with Crippen LogP contribution in [0.1, 0.15) is 22.7 Å². The summed E-state index contributed by atoms with van der Waals surface area (Å²) in [6.07, 6.45) is 0.757. The number of aromatic hydroxyl groups is 1. The van der Waals surface area contributed by atoms with Crippen molar-refractivity contribution in [2.45, 2.75) is 12.5 Å². The van der Waals surface area contributed by atoms with Gasteiger partial charge in [0.25, 0.3) is 5.56 Å². The molecule has 0 amide bonds. The van der Waals surface area contributed by atoms with E-state index >= 15 is 0 Å². The molecule has 3 heterocycles. The molecule has 2 aliphatic heterocycles. The summed E-state index contributed by atoms with van der Waals surface area (Å²) >= 11 is 11.7. The zero-order chi connectivity index (χ0) is 22.6. The van der Waals surface area contributed by atoms with Gasteiger partial charge in [0.15, 0.2) is 22.3 Å². The fraction of sp³-hybridized carbons (Fsp3) is 0.273. The Labute approximate surface area is 193 Å². The first kappa shape index (κ1) is 20.9. The van der Waals surface area contributed by atoms with Gasteiger partial charge in [-0.25, -0.2) is 0 Å². The van der Waals surface area contributed by atoms with Crippen LogP contribution in [0.4, 0.5) is 0 Å². The maximum absolute atomic E-state index is 13.2. The Morgan fingerprint density at radius 3 is 2.84 bits per heavy atom. The van der Waals surface area contributed by atoms with E-state index in [1.165, 1.54) is 4.57 Å². The van der Waals surface area contributed by atoms with E-state index in [1.54, 1.807) is 31.4 Å². The quantitative estimate of drug-likeness (QED) is 0.504. The second-order valence-electron chi connectivity index (χ2n) is 7.78. The number of likely N-dealkylation sites (N-methyl/N-ethyl adjacent to an activating group) is 1. The number of fused-ring (bicyclic) bond motifs is 2. The standard InChI is InChI=1S/C22H20ClN3O5S/c1-25-8-7-11-9-14-18(31-10-30-14)19(29-2)15(11)17(25)16-20(27)24-22(32)26(21(16)28)13-6-4-3-5-12(13)23/h3-6,9,17,28H,7-8,10H2,1-2H3,(H,24,27,32)/p+1/t17-/m1/s1. The van der Waals surface area contributed by atoms with Crippen LogP contribution in [0.5, 0.6) is 23.1 Å². The molecule has 0 bridgehead atoms. The smallest absolute Gasteiger partial charge is 0.265 e. The van der Waals surface area contributed by atoms with Gasteiger partial charge in [0.1, 0.15) is 5.56 Å². The molecule has 0 aliphatic carbocycles. The lowest BCUT2D eigenvalue weighted by molar-refractivity contribution is -0.908. The van der Waals surface area contributed by atoms with Gasteiger partial charge in [-0.15, -0.1) is 0 Å². The first-order valence-electron chi connectivity index (χ1n) is 10.1. The van der Waals surface area contributed by atoms with Crippen LogP contribution in [0.25, 0.3) is 5.69 Å². The van der Waals surface area contributed by atoms with E-state index in [1.807, 2.05) is 13.1 Å². The molecule has 0 fully saturated rings. The van der Waals surface area contributed by atoms with Crippen LogP contribution < -0.4 is 24.7 Å². The van der Waals surface area contributed by atoms with Gasteiger partial charge >= 0.3 is 0 Å². The van der Waals surface area contributed by atoms with Gasteiger partial charge in [0, 0.05) is 6.42 Å². The lowest BCUT2D eigenvalue weighted by Gasteiger charge is -2.33. The molecule has 166 valence electrons. The average molecular weight is 475 g/mol. The molecule has 0 radical (unpaired) electrons. The highest BCUT2D eigenvalue weighted by Crippen LogP contribution is 2.48. The fourth-order valence-electron chi connectivity index (χ4n) is 4.57. The van der Waals surface area contributed by atoms with E-state index < -0.39 is 11.6 Å². The van der Waals surface area contributed by atoms with E-state index in [4.69, 9.17) is 38.0 Å². The largest absolute Gasteiger partial charge is 0.494 e. The summed E-state index contributed by atoms with van der Waals surface area (Å²) in [5.41, 5.74) is 1.94. The Kier molecular flexibility index (Phi) is 5.11. The number of halogens is 1. The van der Waals surface area contributed by atoms with Gasteiger partial charge in [0.2, 0.25) is 18.4 Å². The van der Waals surface area contributed by atoms with Crippen molar-refractivity contribution >= 4 is 23.8 Å². The minimum absolute atomic E-state index is 0.0516. The van der Waals surface area contributed by atoms with Crippen molar-refractivity contribution in [1.82, 2.24) is 9.55 Å². The monoisotopic (exact) mass is 474 g/mol. The maximum atomic E-state index is 13.2. The van der Waals surface area contributed by atoms with Crippen molar-refractivity contribution in [2.75, 3.05) is 27.5 Å². The number of para-hydroxylation sites is 1. The van der Waals surface area contributed by atoms with Crippen molar-refractivity contribution in [3.05, 3.63) is 67.2 Å². The van der Waals surface area contributed by atoms with Crippen LogP contribution in [0.2, 0.25) is 5.02 Å². The zero-order valence-electron chi connectivity index (χ0n) is 17.4. The molecular weight excluding hydrogens is 454 g/mol. The Balaban J connectivity index is 1.81. The number of ether oxygens (including phenoxy) is 3. The summed E-state index contributed by atoms with van der Waals surface area (Å²) < 4.78 is 18.4.